The van der Waals surface area contributed by atoms with Crippen LogP contribution in [-0.4, -0.2) is 39.0 Å². The molecule has 1 fully saturated rings. The van der Waals surface area contributed by atoms with Gasteiger partial charge in [0.25, 0.3) is 0 Å². The molecule has 81 valence electrons. The molecule has 6 heteroatoms. The number of nitrogens with zero attached hydrogens (tertiary/aromatic N) is 4. The van der Waals surface area contributed by atoms with Crippen molar-refractivity contribution < 1.29 is 9.59 Å². The lowest BCUT2D eigenvalue weighted by Gasteiger charge is -2.22. The zero-order chi connectivity index (χ0) is 11.5. The molecule has 2 rings (SSSR count). The maximum Gasteiger partial charge on any atom is 0.250 e. The van der Waals surface area contributed by atoms with Gasteiger partial charge in [0.1, 0.15) is 6.67 Å². The first kappa shape index (κ1) is 12.4. The molecular weight excluding hydrogens is 194 g/mol. The van der Waals surface area contributed by atoms with Gasteiger partial charge in [-0.05, 0) is 0 Å². The molecule has 0 amide bonds. The van der Waals surface area contributed by atoms with Crippen LogP contribution in [-0.2, 0) is 5.11 Å². The predicted octanol–water partition coefficient (Wildman–Crippen LogP) is -0.777. The molecule has 0 aromatic carbocycles. The number of hydrogen-bond donors (Lipinski definition) is 1. The smallest absolute Gasteiger partial charge is 0.250 e. The normalized spacial score (nSPS) is 23.0. The Morgan fingerprint density at radius 1 is 1.20 bits per heavy atom. The van der Waals surface area contributed by atoms with Gasteiger partial charge in [-0.2, -0.15) is 10.6 Å². The van der Waals surface area contributed by atoms with Crippen molar-refractivity contribution >= 4 is 6.34 Å². The highest BCUT2D eigenvalue weighted by Gasteiger charge is 2.40. The molecule has 0 saturated carbocycles. The molecule has 6 nitrogen and oxygen atoms in total. The van der Waals surface area contributed by atoms with E-state index in [0.29, 0.717) is 12.2 Å². The van der Waals surface area contributed by atoms with Gasteiger partial charge in [-0.25, -0.2) is 10.1 Å². The SMILES string of the molecule is C[N+](C)(C)C.[O][C]1[N][CH][N][C]2N=CN[C]12. The van der Waals surface area contributed by atoms with E-state index in [1.807, 2.05) is 0 Å². The third-order valence-corrected chi connectivity index (χ3v) is 1.19. The summed E-state index contributed by atoms with van der Waals surface area (Å²) < 4.78 is 1.00. The first-order valence-electron chi connectivity index (χ1n) is 4.48. The summed E-state index contributed by atoms with van der Waals surface area (Å²) >= 11 is 0. The van der Waals surface area contributed by atoms with Gasteiger partial charge in [0, 0.05) is 0 Å². The van der Waals surface area contributed by atoms with E-state index in [4.69, 9.17) is 0 Å². The number of aliphatic imine (C=N–C) groups is 1. The van der Waals surface area contributed by atoms with Crippen LogP contribution in [0.15, 0.2) is 4.99 Å². The van der Waals surface area contributed by atoms with Crippen molar-refractivity contribution in [1.82, 2.24) is 16.0 Å². The Morgan fingerprint density at radius 2 is 1.80 bits per heavy atom. The summed E-state index contributed by atoms with van der Waals surface area (Å²) in [6.07, 6.45) is 1.52. The third kappa shape index (κ3) is 4.57. The van der Waals surface area contributed by atoms with Crippen molar-refractivity contribution in [3.8, 4) is 0 Å². The molecule has 7 radical (unpaired) electrons. The summed E-state index contributed by atoms with van der Waals surface area (Å²) in [5.41, 5.74) is 0. The summed E-state index contributed by atoms with van der Waals surface area (Å²) in [5, 5.41) is 20.6. The molecule has 2 heterocycles. The van der Waals surface area contributed by atoms with Crippen LogP contribution in [0.3, 0.4) is 0 Å². The molecule has 1 N–H and O–H groups in total. The van der Waals surface area contributed by atoms with E-state index in [-0.39, 0.29) is 6.23 Å². The van der Waals surface area contributed by atoms with Gasteiger partial charge in [0.05, 0.1) is 34.5 Å². The number of fused-ring (bicyclic) bond motifs is 1. The van der Waals surface area contributed by atoms with Gasteiger partial charge in [0.15, 0.2) is 6.04 Å². The summed E-state index contributed by atoms with van der Waals surface area (Å²) in [6.45, 7) is 1.20. The number of rotatable bonds is 0. The van der Waals surface area contributed by atoms with Crippen molar-refractivity contribution in [3.63, 3.8) is 0 Å². The van der Waals surface area contributed by atoms with Gasteiger partial charge in [-0.15, -0.1) is 0 Å². The van der Waals surface area contributed by atoms with Gasteiger partial charge >= 0.3 is 0 Å². The van der Waals surface area contributed by atoms with Crippen LogP contribution in [0.1, 0.15) is 0 Å². The molecule has 2 aliphatic heterocycles. The molecule has 15 heavy (non-hydrogen) atoms. The molecule has 2 aliphatic rings. The average Bonchev–Trinajstić information content (AvgIpc) is 2.49. The van der Waals surface area contributed by atoms with Crippen LogP contribution in [0.5, 0.6) is 0 Å². The van der Waals surface area contributed by atoms with Crippen LogP contribution in [0.25, 0.3) is 0 Å². The van der Waals surface area contributed by atoms with E-state index < -0.39 is 0 Å². The molecule has 0 spiro atoms. The molecule has 1 saturated heterocycles. The van der Waals surface area contributed by atoms with Crippen molar-refractivity contribution in [2.24, 2.45) is 4.99 Å². The second kappa shape index (κ2) is 4.89. The maximum absolute atomic E-state index is 10.8. The Balaban J connectivity index is 0.000000195. The lowest BCUT2D eigenvalue weighted by molar-refractivity contribution is -0.849. The lowest BCUT2D eigenvalue weighted by Crippen LogP contribution is -2.38. The van der Waals surface area contributed by atoms with Crippen molar-refractivity contribution in [3.05, 3.63) is 25.1 Å². The summed E-state index contributed by atoms with van der Waals surface area (Å²) in [6, 6.07) is 0.363. The van der Waals surface area contributed by atoms with Gasteiger partial charge in [-0.3, -0.25) is 0 Å². The molecule has 0 bridgehead atoms. The Morgan fingerprint density at radius 3 is 2.33 bits per heavy atom. The highest BCUT2D eigenvalue weighted by Crippen LogP contribution is 2.28. The minimum atomic E-state index is -0.317. The Hall–Kier alpha value is -0.690. The summed E-state index contributed by atoms with van der Waals surface area (Å²) in [5.74, 6) is 0. The summed E-state index contributed by atoms with van der Waals surface area (Å²) in [7, 11) is 8.50. The van der Waals surface area contributed by atoms with Crippen LogP contribution >= 0.6 is 0 Å². The van der Waals surface area contributed by atoms with E-state index >= 15 is 0 Å². The van der Waals surface area contributed by atoms with Crippen molar-refractivity contribution in [2.75, 3.05) is 28.2 Å². The van der Waals surface area contributed by atoms with Crippen molar-refractivity contribution in [2.45, 2.75) is 0 Å². The average molecular weight is 209 g/mol. The largest absolute Gasteiger partial charge is 0.361 e. The number of nitrogens with one attached hydrogen (secondary N) is 1. The monoisotopic (exact) mass is 209 g/mol. The fourth-order valence-electron chi connectivity index (χ4n) is 0.743. The van der Waals surface area contributed by atoms with Crippen LogP contribution < -0.4 is 16.0 Å². The standard InChI is InChI=1S/C5H3N4O.C4H12N/c10-5-3-4(7-1-6-3)8-2-9-5;1-5(2,3)4/h1-2H,(H,6,7);1-4H3/q;+1. The van der Waals surface area contributed by atoms with E-state index in [0.717, 1.165) is 4.48 Å². The second-order valence-electron chi connectivity index (χ2n) is 4.46. The number of quaternary nitrogens is 1. The van der Waals surface area contributed by atoms with Gasteiger partial charge in [-0.1, -0.05) is 0 Å². The highest BCUT2D eigenvalue weighted by atomic mass is 16.3. The third-order valence-electron chi connectivity index (χ3n) is 1.19. The molecule has 0 aromatic rings. The van der Waals surface area contributed by atoms with Gasteiger partial charge < -0.3 is 9.80 Å². The fourth-order valence-corrected chi connectivity index (χ4v) is 0.743. The van der Waals surface area contributed by atoms with Crippen LogP contribution in [0, 0.1) is 25.1 Å². The highest BCUT2D eigenvalue weighted by molar-refractivity contribution is 5.65. The Kier molecular flexibility index (Phi) is 4.04. The maximum atomic E-state index is 10.8. The first-order valence-corrected chi connectivity index (χ1v) is 4.48. The minimum Gasteiger partial charge on any atom is -0.361 e. The number of hydrogen-bond acceptors (Lipinski definition) is 2. The van der Waals surface area contributed by atoms with Gasteiger partial charge in [0.2, 0.25) is 12.4 Å². The Labute approximate surface area is 91.0 Å². The topological polar surface area (TPSA) is 72.5 Å². The van der Waals surface area contributed by atoms with Crippen molar-refractivity contribution in [1.29, 1.82) is 0 Å². The van der Waals surface area contributed by atoms with Crippen LogP contribution in [0.2, 0.25) is 0 Å². The summed E-state index contributed by atoms with van der Waals surface area (Å²) in [4.78, 5) is 3.77. The minimum absolute atomic E-state index is 0.317. The molecule has 0 aliphatic carbocycles. The molecule has 0 aromatic heterocycles. The predicted molar refractivity (Wildman–Crippen MR) is 54.6 cm³/mol. The lowest BCUT2D eigenvalue weighted by atomic mass is 10.2. The van der Waals surface area contributed by atoms with Crippen LogP contribution in [0.4, 0.5) is 0 Å². The molecular formula is C9H15N5O+. The second-order valence-corrected chi connectivity index (χ2v) is 4.46. The first-order chi connectivity index (χ1) is 6.88. The quantitative estimate of drug-likeness (QED) is 0.522. The Bertz CT molecular complexity index is 219. The molecule has 0 atom stereocenters. The zero-order valence-corrected chi connectivity index (χ0v) is 9.35. The molecule has 0 unspecified atom stereocenters. The van der Waals surface area contributed by atoms with E-state index in [9.17, 15) is 5.11 Å². The van der Waals surface area contributed by atoms with E-state index in [1.54, 1.807) is 0 Å². The van der Waals surface area contributed by atoms with E-state index in [1.165, 1.54) is 13.0 Å². The fraction of sp³-hybridized carbons (Fsp3) is 0.444. The zero-order valence-electron chi connectivity index (χ0n) is 9.35. The van der Waals surface area contributed by atoms with E-state index in [2.05, 4.69) is 49.1 Å².